The third-order valence-electron chi connectivity index (χ3n) is 6.67. The highest BCUT2D eigenvalue weighted by molar-refractivity contribution is 5.96. The maximum Gasteiger partial charge on any atom is 0.254 e. The molecule has 3 nitrogen and oxygen atoms in total. The zero-order chi connectivity index (χ0) is 20.3. The minimum Gasteiger partial charge on any atom is -0.335 e. The fourth-order valence-electron chi connectivity index (χ4n) is 5.13. The summed E-state index contributed by atoms with van der Waals surface area (Å²) in [6.07, 6.45) is 3.03. The number of hydrogen-bond donors (Lipinski definition) is 0. The summed E-state index contributed by atoms with van der Waals surface area (Å²) in [5.74, 6) is 0.220. The van der Waals surface area contributed by atoms with Crippen LogP contribution < -0.4 is 0 Å². The maximum atomic E-state index is 13.1. The summed E-state index contributed by atoms with van der Waals surface area (Å²) >= 11 is 0. The normalized spacial score (nSPS) is 17.9. The van der Waals surface area contributed by atoms with Crippen molar-refractivity contribution in [3.05, 3.63) is 107 Å². The Morgan fingerprint density at radius 2 is 1.27 bits per heavy atom. The Hall–Kier alpha value is -2.91. The fourth-order valence-corrected chi connectivity index (χ4v) is 5.13. The standard InChI is InChI=1S/C27H28N2O/c30-27-25-14-8-7-9-21(25)15-20-29(27)24-16-18-28(19-17-24)26(22-10-3-1-4-11-22)23-12-5-2-6-13-23/h1-14,24,26H,15-20H2. The number of benzene rings is 3. The topological polar surface area (TPSA) is 23.6 Å². The lowest BCUT2D eigenvalue weighted by Crippen LogP contribution is -2.50. The van der Waals surface area contributed by atoms with Gasteiger partial charge in [0.05, 0.1) is 6.04 Å². The first-order chi connectivity index (χ1) is 14.8. The monoisotopic (exact) mass is 396 g/mol. The van der Waals surface area contributed by atoms with Crippen molar-refractivity contribution in [1.82, 2.24) is 9.80 Å². The molecule has 0 N–H and O–H groups in total. The Bertz CT molecular complexity index is 954. The summed E-state index contributed by atoms with van der Waals surface area (Å²) in [5, 5.41) is 0. The van der Waals surface area contributed by atoms with Crippen molar-refractivity contribution in [3.8, 4) is 0 Å². The molecule has 0 bridgehead atoms. The number of carbonyl (C=O) groups is 1. The molecule has 2 aliphatic rings. The predicted molar refractivity (Wildman–Crippen MR) is 121 cm³/mol. The highest BCUT2D eigenvalue weighted by Gasteiger charge is 2.34. The summed E-state index contributed by atoms with van der Waals surface area (Å²) in [6.45, 7) is 2.86. The summed E-state index contributed by atoms with van der Waals surface area (Å²) in [6, 6.07) is 30.3. The van der Waals surface area contributed by atoms with Crippen LogP contribution in [-0.2, 0) is 6.42 Å². The zero-order valence-electron chi connectivity index (χ0n) is 17.3. The van der Waals surface area contributed by atoms with E-state index in [0.29, 0.717) is 6.04 Å². The number of carbonyl (C=O) groups excluding carboxylic acids is 1. The van der Waals surface area contributed by atoms with Crippen LogP contribution in [0, 0.1) is 0 Å². The Labute approximate surface area is 178 Å². The molecule has 2 aliphatic heterocycles. The summed E-state index contributed by atoms with van der Waals surface area (Å²) in [7, 11) is 0. The van der Waals surface area contributed by atoms with Crippen molar-refractivity contribution in [2.24, 2.45) is 0 Å². The second-order valence-corrected chi connectivity index (χ2v) is 8.40. The van der Waals surface area contributed by atoms with Crippen LogP contribution in [0.2, 0.25) is 0 Å². The Morgan fingerprint density at radius 3 is 1.90 bits per heavy atom. The molecule has 3 aromatic rings. The Balaban J connectivity index is 1.33. The van der Waals surface area contributed by atoms with Gasteiger partial charge in [0, 0.05) is 31.2 Å². The molecule has 0 saturated carbocycles. The van der Waals surface area contributed by atoms with Crippen LogP contribution in [-0.4, -0.2) is 41.4 Å². The molecular formula is C27H28N2O. The van der Waals surface area contributed by atoms with Crippen LogP contribution >= 0.6 is 0 Å². The molecule has 152 valence electrons. The van der Waals surface area contributed by atoms with Crippen LogP contribution in [0.4, 0.5) is 0 Å². The molecule has 0 aromatic heterocycles. The van der Waals surface area contributed by atoms with Crippen molar-refractivity contribution in [1.29, 1.82) is 0 Å². The SMILES string of the molecule is O=C1c2ccccc2CCN1C1CCN(C(c2ccccc2)c2ccccc2)CC1. The van der Waals surface area contributed by atoms with Gasteiger partial charge >= 0.3 is 0 Å². The van der Waals surface area contributed by atoms with E-state index in [0.717, 1.165) is 44.5 Å². The number of amides is 1. The Kier molecular flexibility index (Phi) is 5.37. The van der Waals surface area contributed by atoms with Gasteiger partial charge in [0.2, 0.25) is 0 Å². The van der Waals surface area contributed by atoms with Gasteiger partial charge in [-0.05, 0) is 42.0 Å². The van der Waals surface area contributed by atoms with E-state index in [1.807, 2.05) is 18.2 Å². The van der Waals surface area contributed by atoms with Gasteiger partial charge in [0.1, 0.15) is 0 Å². The molecule has 5 rings (SSSR count). The molecule has 0 spiro atoms. The smallest absolute Gasteiger partial charge is 0.254 e. The number of hydrogen-bond acceptors (Lipinski definition) is 2. The van der Waals surface area contributed by atoms with Gasteiger partial charge in [0.15, 0.2) is 0 Å². The molecule has 0 aliphatic carbocycles. The third-order valence-corrected chi connectivity index (χ3v) is 6.67. The number of rotatable bonds is 4. The largest absolute Gasteiger partial charge is 0.335 e. The molecule has 1 saturated heterocycles. The molecule has 0 atom stereocenters. The third kappa shape index (κ3) is 3.66. The van der Waals surface area contributed by atoms with Gasteiger partial charge in [0.25, 0.3) is 5.91 Å². The number of piperidine rings is 1. The molecule has 30 heavy (non-hydrogen) atoms. The minimum absolute atomic E-state index is 0.220. The van der Waals surface area contributed by atoms with Gasteiger partial charge in [-0.3, -0.25) is 9.69 Å². The van der Waals surface area contributed by atoms with Gasteiger partial charge < -0.3 is 4.90 Å². The minimum atomic E-state index is 0.220. The molecule has 3 aromatic carbocycles. The highest BCUT2D eigenvalue weighted by Crippen LogP contribution is 2.33. The average Bonchev–Trinajstić information content (AvgIpc) is 2.82. The molecule has 3 heteroatoms. The van der Waals surface area contributed by atoms with E-state index in [-0.39, 0.29) is 11.9 Å². The summed E-state index contributed by atoms with van der Waals surface area (Å²) < 4.78 is 0. The zero-order valence-corrected chi connectivity index (χ0v) is 17.3. The van der Waals surface area contributed by atoms with Crippen molar-refractivity contribution >= 4 is 5.91 Å². The quantitative estimate of drug-likeness (QED) is 0.624. The van der Waals surface area contributed by atoms with Crippen LogP contribution in [0.1, 0.15) is 45.9 Å². The number of nitrogens with zero attached hydrogens (tertiary/aromatic N) is 2. The van der Waals surface area contributed by atoms with Crippen molar-refractivity contribution in [3.63, 3.8) is 0 Å². The first-order valence-corrected chi connectivity index (χ1v) is 11.0. The lowest BCUT2D eigenvalue weighted by atomic mass is 9.92. The van der Waals surface area contributed by atoms with Crippen molar-refractivity contribution in [2.75, 3.05) is 19.6 Å². The number of fused-ring (bicyclic) bond motifs is 1. The van der Waals surface area contributed by atoms with Crippen LogP contribution in [0.25, 0.3) is 0 Å². The Morgan fingerprint density at radius 1 is 0.700 bits per heavy atom. The van der Waals surface area contributed by atoms with E-state index < -0.39 is 0 Å². The van der Waals surface area contributed by atoms with Crippen molar-refractivity contribution in [2.45, 2.75) is 31.3 Å². The van der Waals surface area contributed by atoms with E-state index in [1.165, 1.54) is 16.7 Å². The van der Waals surface area contributed by atoms with E-state index in [4.69, 9.17) is 0 Å². The van der Waals surface area contributed by atoms with Gasteiger partial charge in [-0.25, -0.2) is 0 Å². The van der Waals surface area contributed by atoms with Gasteiger partial charge in [-0.1, -0.05) is 78.9 Å². The predicted octanol–water partition coefficient (Wildman–Crippen LogP) is 4.94. The van der Waals surface area contributed by atoms with E-state index in [9.17, 15) is 4.79 Å². The van der Waals surface area contributed by atoms with Gasteiger partial charge in [-0.15, -0.1) is 0 Å². The first-order valence-electron chi connectivity index (χ1n) is 11.0. The second-order valence-electron chi connectivity index (χ2n) is 8.40. The molecule has 1 amide bonds. The molecular weight excluding hydrogens is 368 g/mol. The molecule has 1 fully saturated rings. The van der Waals surface area contributed by atoms with Crippen molar-refractivity contribution < 1.29 is 4.79 Å². The van der Waals surface area contributed by atoms with E-state index in [2.05, 4.69) is 76.5 Å². The molecule has 2 heterocycles. The fraction of sp³-hybridized carbons (Fsp3) is 0.296. The highest BCUT2D eigenvalue weighted by atomic mass is 16.2. The summed E-state index contributed by atoms with van der Waals surface area (Å²) in [4.78, 5) is 17.8. The summed E-state index contributed by atoms with van der Waals surface area (Å²) in [5.41, 5.74) is 4.78. The van der Waals surface area contributed by atoms with Crippen LogP contribution in [0.3, 0.4) is 0 Å². The van der Waals surface area contributed by atoms with Gasteiger partial charge in [-0.2, -0.15) is 0 Å². The first kappa shape index (κ1) is 19.1. The van der Waals surface area contributed by atoms with E-state index >= 15 is 0 Å². The van der Waals surface area contributed by atoms with E-state index in [1.54, 1.807) is 0 Å². The maximum absolute atomic E-state index is 13.1. The van der Waals surface area contributed by atoms with Crippen LogP contribution in [0.5, 0.6) is 0 Å². The molecule has 0 radical (unpaired) electrons. The molecule has 0 unspecified atom stereocenters. The second kappa shape index (κ2) is 8.45. The number of likely N-dealkylation sites (tertiary alicyclic amines) is 1. The lowest BCUT2D eigenvalue weighted by Gasteiger charge is -2.43. The van der Waals surface area contributed by atoms with Crippen LogP contribution in [0.15, 0.2) is 84.9 Å². The average molecular weight is 397 g/mol. The lowest BCUT2D eigenvalue weighted by molar-refractivity contribution is 0.0523.